The molecule has 0 spiro atoms. The Morgan fingerprint density at radius 2 is 2.50 bits per heavy atom. The van der Waals surface area contributed by atoms with Gasteiger partial charge >= 0.3 is 0 Å². The molecule has 0 saturated heterocycles. The number of rotatable bonds is 3. The van der Waals surface area contributed by atoms with Gasteiger partial charge in [0.2, 0.25) is 0 Å². The number of hydrogen-bond donors (Lipinski definition) is 1. The quantitative estimate of drug-likeness (QED) is 0.817. The van der Waals surface area contributed by atoms with Crippen molar-refractivity contribution in [2.45, 2.75) is 11.7 Å². The standard InChI is InChI=1S/C10H10N4OS/c1-16-10-13-9(12)8(5-11)14(10)6-7-3-2-4-15-7/h2-4H,6,12H2,1H3. The molecule has 2 aromatic heterocycles. The summed E-state index contributed by atoms with van der Waals surface area (Å²) in [5.41, 5.74) is 6.03. The summed E-state index contributed by atoms with van der Waals surface area (Å²) in [6.45, 7) is 0.469. The molecule has 0 atom stereocenters. The Bertz CT molecular complexity index is 524. The smallest absolute Gasteiger partial charge is 0.171 e. The minimum absolute atomic E-state index is 0.262. The van der Waals surface area contributed by atoms with E-state index in [1.807, 2.05) is 12.3 Å². The Morgan fingerprint density at radius 1 is 1.69 bits per heavy atom. The minimum Gasteiger partial charge on any atom is -0.467 e. The molecule has 0 amide bonds. The fourth-order valence-corrected chi connectivity index (χ4v) is 1.99. The third kappa shape index (κ3) is 1.77. The molecule has 2 aromatic rings. The fourth-order valence-electron chi connectivity index (χ4n) is 1.43. The van der Waals surface area contributed by atoms with Crippen LogP contribution in [0.15, 0.2) is 28.0 Å². The van der Waals surface area contributed by atoms with Crippen molar-refractivity contribution >= 4 is 17.6 Å². The molecule has 0 aliphatic heterocycles. The molecule has 0 fully saturated rings. The highest BCUT2D eigenvalue weighted by atomic mass is 32.2. The lowest BCUT2D eigenvalue weighted by atomic mass is 10.4. The topological polar surface area (TPSA) is 80.8 Å². The first-order chi connectivity index (χ1) is 7.76. The lowest BCUT2D eigenvalue weighted by Gasteiger charge is -2.04. The van der Waals surface area contributed by atoms with Crippen molar-refractivity contribution in [1.29, 1.82) is 5.26 Å². The predicted molar refractivity (Wildman–Crippen MR) is 60.9 cm³/mol. The van der Waals surface area contributed by atoms with Crippen LogP contribution in [0.5, 0.6) is 0 Å². The van der Waals surface area contributed by atoms with Gasteiger partial charge in [-0.2, -0.15) is 5.26 Å². The average molecular weight is 234 g/mol. The third-order valence-electron chi connectivity index (χ3n) is 2.14. The van der Waals surface area contributed by atoms with Crippen LogP contribution >= 0.6 is 11.8 Å². The van der Waals surface area contributed by atoms with Crippen LogP contribution in [0, 0.1) is 11.3 Å². The van der Waals surface area contributed by atoms with Crippen LogP contribution in [-0.4, -0.2) is 15.8 Å². The Labute approximate surface area is 96.9 Å². The first-order valence-electron chi connectivity index (χ1n) is 4.58. The Hall–Kier alpha value is -1.87. The fraction of sp³-hybridized carbons (Fsp3) is 0.200. The number of nitriles is 1. The zero-order valence-corrected chi connectivity index (χ0v) is 9.49. The number of thioether (sulfide) groups is 1. The van der Waals surface area contributed by atoms with Crippen molar-refractivity contribution in [2.75, 3.05) is 12.0 Å². The van der Waals surface area contributed by atoms with E-state index in [1.165, 1.54) is 11.8 Å². The maximum atomic E-state index is 9.01. The first-order valence-corrected chi connectivity index (χ1v) is 5.81. The van der Waals surface area contributed by atoms with Gasteiger partial charge in [0.25, 0.3) is 0 Å². The van der Waals surface area contributed by atoms with Gasteiger partial charge in [0, 0.05) is 0 Å². The third-order valence-corrected chi connectivity index (χ3v) is 2.82. The van der Waals surface area contributed by atoms with Crippen molar-refractivity contribution in [3.8, 4) is 6.07 Å². The van der Waals surface area contributed by atoms with Crippen LogP contribution in [0.2, 0.25) is 0 Å². The van der Waals surface area contributed by atoms with E-state index in [2.05, 4.69) is 11.1 Å². The number of nitrogens with two attached hydrogens (primary N) is 1. The Balaban J connectivity index is 2.42. The van der Waals surface area contributed by atoms with Crippen LogP contribution in [0.3, 0.4) is 0 Å². The Morgan fingerprint density at radius 3 is 3.06 bits per heavy atom. The van der Waals surface area contributed by atoms with E-state index >= 15 is 0 Å². The van der Waals surface area contributed by atoms with Gasteiger partial charge in [0.1, 0.15) is 11.8 Å². The maximum Gasteiger partial charge on any atom is 0.171 e. The van der Waals surface area contributed by atoms with E-state index < -0.39 is 0 Å². The number of furan rings is 1. The number of nitrogen functional groups attached to an aromatic ring is 1. The second-order valence-corrected chi connectivity index (χ2v) is 3.88. The summed E-state index contributed by atoms with van der Waals surface area (Å²) in [5.74, 6) is 1.03. The summed E-state index contributed by atoms with van der Waals surface area (Å²) in [6.07, 6.45) is 3.49. The van der Waals surface area contributed by atoms with E-state index in [1.54, 1.807) is 16.9 Å². The van der Waals surface area contributed by atoms with Gasteiger partial charge in [0.05, 0.1) is 12.8 Å². The maximum absolute atomic E-state index is 9.01. The predicted octanol–water partition coefficient (Wildman–Crippen LogP) is 1.70. The van der Waals surface area contributed by atoms with Gasteiger partial charge < -0.3 is 14.7 Å². The number of aromatic nitrogens is 2. The second kappa shape index (κ2) is 4.33. The van der Waals surface area contributed by atoms with E-state index in [-0.39, 0.29) is 5.82 Å². The van der Waals surface area contributed by atoms with Gasteiger partial charge in [0.15, 0.2) is 16.7 Å². The molecule has 82 valence electrons. The van der Waals surface area contributed by atoms with Crippen molar-refractivity contribution in [3.05, 3.63) is 29.9 Å². The van der Waals surface area contributed by atoms with Gasteiger partial charge in [-0.3, -0.25) is 0 Å². The molecule has 0 radical (unpaired) electrons. The zero-order chi connectivity index (χ0) is 11.5. The molecule has 2 N–H and O–H groups in total. The highest BCUT2D eigenvalue weighted by Gasteiger charge is 2.15. The molecule has 6 heteroatoms. The SMILES string of the molecule is CSc1nc(N)c(C#N)n1Cc1ccco1. The molecule has 0 bridgehead atoms. The number of anilines is 1. The van der Waals surface area contributed by atoms with Gasteiger partial charge in [-0.05, 0) is 18.4 Å². The summed E-state index contributed by atoms with van der Waals surface area (Å²) in [7, 11) is 0. The molecule has 2 heterocycles. The molecule has 0 unspecified atom stereocenters. The highest BCUT2D eigenvalue weighted by molar-refractivity contribution is 7.98. The highest BCUT2D eigenvalue weighted by Crippen LogP contribution is 2.22. The van der Waals surface area contributed by atoms with E-state index in [4.69, 9.17) is 15.4 Å². The van der Waals surface area contributed by atoms with Crippen molar-refractivity contribution < 1.29 is 4.42 Å². The molecule has 0 aromatic carbocycles. The number of nitrogens with zero attached hydrogens (tertiary/aromatic N) is 3. The monoisotopic (exact) mass is 234 g/mol. The number of imidazole rings is 1. The van der Waals surface area contributed by atoms with E-state index in [0.29, 0.717) is 17.4 Å². The second-order valence-electron chi connectivity index (χ2n) is 3.11. The van der Waals surface area contributed by atoms with Gasteiger partial charge in [-0.15, -0.1) is 0 Å². The van der Waals surface area contributed by atoms with Crippen LogP contribution in [0.4, 0.5) is 5.82 Å². The van der Waals surface area contributed by atoms with Crippen LogP contribution < -0.4 is 5.73 Å². The molecule has 16 heavy (non-hydrogen) atoms. The van der Waals surface area contributed by atoms with Gasteiger partial charge in [-0.1, -0.05) is 11.8 Å². The van der Waals surface area contributed by atoms with E-state index in [9.17, 15) is 0 Å². The summed E-state index contributed by atoms with van der Waals surface area (Å²) < 4.78 is 6.99. The lowest BCUT2D eigenvalue weighted by Crippen LogP contribution is -2.03. The summed E-state index contributed by atoms with van der Waals surface area (Å²) in [4.78, 5) is 4.12. The molecular weight excluding hydrogens is 224 g/mol. The van der Waals surface area contributed by atoms with Crippen LogP contribution in [-0.2, 0) is 6.54 Å². The molecule has 0 saturated carbocycles. The molecule has 0 aliphatic rings. The lowest BCUT2D eigenvalue weighted by molar-refractivity contribution is 0.483. The van der Waals surface area contributed by atoms with E-state index in [0.717, 1.165) is 5.76 Å². The summed E-state index contributed by atoms with van der Waals surface area (Å²) in [6, 6.07) is 5.71. The molecule has 5 nitrogen and oxygen atoms in total. The summed E-state index contributed by atoms with van der Waals surface area (Å²) >= 11 is 1.45. The number of hydrogen-bond acceptors (Lipinski definition) is 5. The summed E-state index contributed by atoms with van der Waals surface area (Å²) in [5, 5.41) is 9.72. The molecule has 2 rings (SSSR count). The first kappa shape index (κ1) is 10.6. The molecule has 0 aliphatic carbocycles. The van der Waals surface area contributed by atoms with Gasteiger partial charge in [-0.25, -0.2) is 4.98 Å². The molecular formula is C10H10N4OS. The minimum atomic E-state index is 0.262. The van der Waals surface area contributed by atoms with Crippen LogP contribution in [0.25, 0.3) is 0 Å². The largest absolute Gasteiger partial charge is 0.467 e. The van der Waals surface area contributed by atoms with Crippen molar-refractivity contribution in [3.63, 3.8) is 0 Å². The van der Waals surface area contributed by atoms with Crippen LogP contribution in [0.1, 0.15) is 11.5 Å². The Kier molecular flexibility index (Phi) is 2.88. The average Bonchev–Trinajstić information content (AvgIpc) is 2.87. The van der Waals surface area contributed by atoms with Crippen molar-refractivity contribution in [1.82, 2.24) is 9.55 Å². The normalized spacial score (nSPS) is 10.2. The van der Waals surface area contributed by atoms with Crippen molar-refractivity contribution in [2.24, 2.45) is 0 Å². The zero-order valence-electron chi connectivity index (χ0n) is 8.67.